The fraction of sp³-hybridized carbons (Fsp3) is 0.350. The van der Waals surface area contributed by atoms with E-state index in [0.717, 1.165) is 38.7 Å². The van der Waals surface area contributed by atoms with Crippen LogP contribution >= 0.6 is 27.3 Å². The molecule has 0 spiro atoms. The molecule has 2 aromatic heterocycles. The van der Waals surface area contributed by atoms with Crippen LogP contribution in [-0.4, -0.2) is 59.0 Å². The summed E-state index contributed by atoms with van der Waals surface area (Å²) in [6.45, 7) is 0.944. The van der Waals surface area contributed by atoms with Gasteiger partial charge in [-0.15, -0.1) is 10.2 Å². The number of nitrogens with zero attached hydrogens (tertiary/aromatic N) is 5. The van der Waals surface area contributed by atoms with Gasteiger partial charge < -0.3 is 4.74 Å². The van der Waals surface area contributed by atoms with Crippen LogP contribution in [0.3, 0.4) is 0 Å². The molecule has 1 aliphatic rings. The van der Waals surface area contributed by atoms with Crippen molar-refractivity contribution < 1.29 is 13.2 Å². The van der Waals surface area contributed by atoms with Crippen LogP contribution in [0.5, 0.6) is 5.75 Å². The number of rotatable bonds is 4. The Bertz CT molecular complexity index is 1400. The SMILES string of the molecule is COc1c(-c2nn3c(C4CCCN(S(C)(=O)=O)C4)nnc3s2)cc2ccccc2c1Br. The highest BCUT2D eigenvalue weighted by Crippen LogP contribution is 2.43. The number of ether oxygens (including phenoxy) is 1. The van der Waals surface area contributed by atoms with Crippen molar-refractivity contribution in [2.45, 2.75) is 18.8 Å². The van der Waals surface area contributed by atoms with Crippen molar-refractivity contribution in [3.8, 4) is 16.3 Å². The Hall–Kier alpha value is -2.08. The number of hydrogen-bond acceptors (Lipinski definition) is 7. The number of sulfonamides is 1. The Morgan fingerprint density at radius 3 is 2.84 bits per heavy atom. The number of hydrogen-bond donors (Lipinski definition) is 0. The summed E-state index contributed by atoms with van der Waals surface area (Å²) in [5.41, 5.74) is 0.871. The molecule has 5 rings (SSSR count). The predicted octanol–water partition coefficient (Wildman–Crippen LogP) is 3.92. The van der Waals surface area contributed by atoms with Gasteiger partial charge in [0.25, 0.3) is 0 Å². The van der Waals surface area contributed by atoms with E-state index in [1.54, 1.807) is 11.6 Å². The van der Waals surface area contributed by atoms with Crippen molar-refractivity contribution in [2.75, 3.05) is 26.5 Å². The van der Waals surface area contributed by atoms with Crippen molar-refractivity contribution >= 4 is 53.0 Å². The second-order valence-electron chi connectivity index (χ2n) is 7.61. The summed E-state index contributed by atoms with van der Waals surface area (Å²) in [6, 6.07) is 10.1. The minimum atomic E-state index is -3.24. The Labute approximate surface area is 192 Å². The first kappa shape index (κ1) is 20.8. The molecule has 3 heterocycles. The zero-order valence-corrected chi connectivity index (χ0v) is 20.2. The fourth-order valence-corrected chi connectivity index (χ4v) is 6.60. The smallest absolute Gasteiger partial charge is 0.234 e. The van der Waals surface area contributed by atoms with Crippen LogP contribution in [0.15, 0.2) is 34.8 Å². The van der Waals surface area contributed by atoms with Crippen molar-refractivity contribution in [3.63, 3.8) is 0 Å². The molecule has 1 aliphatic heterocycles. The summed E-state index contributed by atoms with van der Waals surface area (Å²) in [4.78, 5) is 0.674. The quantitative estimate of drug-likeness (QED) is 0.404. The first-order valence-electron chi connectivity index (χ1n) is 9.79. The lowest BCUT2D eigenvalue weighted by Gasteiger charge is -2.29. The van der Waals surface area contributed by atoms with Crippen LogP contribution in [0.2, 0.25) is 0 Å². The highest BCUT2D eigenvalue weighted by Gasteiger charge is 2.31. The maximum absolute atomic E-state index is 12.0. The molecule has 4 aromatic rings. The predicted molar refractivity (Wildman–Crippen MR) is 124 cm³/mol. The molecule has 1 fully saturated rings. The van der Waals surface area contributed by atoms with Gasteiger partial charge >= 0.3 is 0 Å². The molecule has 2 aromatic carbocycles. The largest absolute Gasteiger partial charge is 0.495 e. The zero-order chi connectivity index (χ0) is 21.8. The zero-order valence-electron chi connectivity index (χ0n) is 16.9. The molecule has 0 radical (unpaired) electrons. The molecule has 0 bridgehead atoms. The van der Waals surface area contributed by atoms with Crippen LogP contribution in [-0.2, 0) is 10.0 Å². The first-order chi connectivity index (χ1) is 14.9. The summed E-state index contributed by atoms with van der Waals surface area (Å²) < 4.78 is 33.9. The van der Waals surface area contributed by atoms with Crippen LogP contribution < -0.4 is 4.74 Å². The maximum Gasteiger partial charge on any atom is 0.234 e. The van der Waals surface area contributed by atoms with E-state index >= 15 is 0 Å². The van der Waals surface area contributed by atoms with Crippen molar-refractivity contribution in [1.82, 2.24) is 24.1 Å². The maximum atomic E-state index is 12.0. The van der Waals surface area contributed by atoms with Gasteiger partial charge in [-0.2, -0.15) is 9.61 Å². The second kappa shape index (κ2) is 7.80. The molecule has 0 aliphatic carbocycles. The monoisotopic (exact) mass is 521 g/mol. The third-order valence-corrected chi connectivity index (χ3v) is 8.60. The molecule has 0 amide bonds. The van der Waals surface area contributed by atoms with E-state index in [9.17, 15) is 8.42 Å². The molecule has 0 saturated carbocycles. The van der Waals surface area contributed by atoms with E-state index in [-0.39, 0.29) is 5.92 Å². The molecule has 31 heavy (non-hydrogen) atoms. The Balaban J connectivity index is 1.59. The topological polar surface area (TPSA) is 89.7 Å². The fourth-order valence-electron chi connectivity index (χ4n) is 4.09. The van der Waals surface area contributed by atoms with Gasteiger partial charge in [0.05, 0.1) is 23.4 Å². The Morgan fingerprint density at radius 1 is 1.26 bits per heavy atom. The summed E-state index contributed by atoms with van der Waals surface area (Å²) in [7, 11) is -1.59. The Morgan fingerprint density at radius 2 is 2.06 bits per heavy atom. The third-order valence-electron chi connectivity index (χ3n) is 5.61. The van der Waals surface area contributed by atoms with Gasteiger partial charge in [-0.25, -0.2) is 12.7 Å². The normalized spacial score (nSPS) is 18.1. The summed E-state index contributed by atoms with van der Waals surface area (Å²) in [5, 5.41) is 16.4. The summed E-state index contributed by atoms with van der Waals surface area (Å²) >= 11 is 5.12. The molecular formula is C20H20BrN5O3S2. The molecule has 1 unspecified atom stereocenters. The number of halogens is 1. The number of fused-ring (bicyclic) bond motifs is 2. The summed E-state index contributed by atoms with van der Waals surface area (Å²) in [6.07, 6.45) is 2.89. The van der Waals surface area contributed by atoms with E-state index in [0.29, 0.717) is 29.6 Å². The number of piperidine rings is 1. The minimum absolute atomic E-state index is 0.0429. The molecule has 1 atom stereocenters. The van der Waals surface area contributed by atoms with Crippen LogP contribution in [0.1, 0.15) is 24.6 Å². The van der Waals surface area contributed by atoms with Gasteiger partial charge in [-0.3, -0.25) is 0 Å². The minimum Gasteiger partial charge on any atom is -0.495 e. The standard InChI is InChI=1S/C20H20BrN5O3S2/c1-29-17-15(10-12-6-3-4-8-14(12)16(17)21)19-24-26-18(22-23-20(26)30-19)13-7-5-9-25(11-13)31(2,27)28/h3-4,6,8,10,13H,5,7,9,11H2,1-2H3. The van der Waals surface area contributed by atoms with Crippen LogP contribution in [0, 0.1) is 0 Å². The van der Waals surface area contributed by atoms with Gasteiger partial charge in [0.15, 0.2) is 10.8 Å². The highest BCUT2D eigenvalue weighted by atomic mass is 79.9. The lowest BCUT2D eigenvalue weighted by molar-refractivity contribution is 0.309. The first-order valence-corrected chi connectivity index (χ1v) is 13.3. The van der Waals surface area contributed by atoms with Crippen molar-refractivity contribution in [3.05, 3.63) is 40.6 Å². The molecule has 1 saturated heterocycles. The van der Waals surface area contributed by atoms with Gasteiger partial charge in [0, 0.05) is 19.0 Å². The molecule has 8 nitrogen and oxygen atoms in total. The number of methoxy groups -OCH3 is 1. The highest BCUT2D eigenvalue weighted by molar-refractivity contribution is 9.10. The average Bonchev–Trinajstić information content (AvgIpc) is 3.34. The van der Waals surface area contributed by atoms with Gasteiger partial charge in [0.2, 0.25) is 15.0 Å². The lowest BCUT2D eigenvalue weighted by Crippen LogP contribution is -2.38. The van der Waals surface area contributed by atoms with E-state index in [1.165, 1.54) is 21.9 Å². The number of aromatic nitrogens is 4. The second-order valence-corrected chi connectivity index (χ2v) is 11.3. The van der Waals surface area contributed by atoms with Gasteiger partial charge in [-0.1, -0.05) is 35.6 Å². The van der Waals surface area contributed by atoms with Gasteiger partial charge in [-0.05, 0) is 45.6 Å². The van der Waals surface area contributed by atoms with Crippen molar-refractivity contribution in [2.24, 2.45) is 0 Å². The number of benzene rings is 2. The third kappa shape index (κ3) is 3.63. The molecule has 162 valence electrons. The molecule has 0 N–H and O–H groups in total. The Kier molecular flexibility index (Phi) is 5.24. The van der Waals surface area contributed by atoms with Crippen LogP contribution in [0.25, 0.3) is 26.3 Å². The molecular weight excluding hydrogens is 502 g/mol. The van der Waals surface area contributed by atoms with Gasteiger partial charge in [0.1, 0.15) is 5.75 Å². The summed E-state index contributed by atoms with van der Waals surface area (Å²) in [5.74, 6) is 1.37. The molecule has 11 heteroatoms. The van der Waals surface area contributed by atoms with E-state index in [2.05, 4.69) is 38.3 Å². The van der Waals surface area contributed by atoms with E-state index in [1.807, 2.05) is 18.2 Å². The average molecular weight is 522 g/mol. The lowest BCUT2D eigenvalue weighted by atomic mass is 9.99. The van der Waals surface area contributed by atoms with Crippen LogP contribution in [0.4, 0.5) is 0 Å². The van der Waals surface area contributed by atoms with E-state index < -0.39 is 10.0 Å². The van der Waals surface area contributed by atoms with E-state index in [4.69, 9.17) is 9.84 Å². The van der Waals surface area contributed by atoms with Crippen molar-refractivity contribution in [1.29, 1.82) is 0 Å².